The summed E-state index contributed by atoms with van der Waals surface area (Å²) in [6, 6.07) is 1.64. The zero-order chi connectivity index (χ0) is 13.7. The fraction of sp³-hybridized carbons (Fsp3) is 0.636. The zero-order valence-corrected chi connectivity index (χ0v) is 11.7. The quantitative estimate of drug-likeness (QED) is 0.799. The molecule has 8 heteroatoms. The number of hydrogen-bond acceptors (Lipinski definition) is 5. The van der Waals surface area contributed by atoms with Crippen molar-refractivity contribution in [3.8, 4) is 0 Å². The maximum Gasteiger partial charge on any atom is 0.303 e. The summed E-state index contributed by atoms with van der Waals surface area (Å²) in [5, 5.41) is 3.13. The molecule has 0 unspecified atom stereocenters. The molecule has 0 radical (unpaired) electrons. The third-order valence-corrected chi connectivity index (χ3v) is 4.68. The van der Waals surface area contributed by atoms with Crippen LogP contribution in [0.25, 0.3) is 0 Å². The van der Waals surface area contributed by atoms with E-state index in [1.165, 1.54) is 16.7 Å². The lowest BCUT2D eigenvalue weighted by Crippen LogP contribution is -2.43. The highest BCUT2D eigenvalue weighted by Gasteiger charge is 2.28. The zero-order valence-electron chi connectivity index (χ0n) is 10.9. The summed E-state index contributed by atoms with van der Waals surface area (Å²) in [5.74, 6) is 0.657. The first-order chi connectivity index (χ1) is 9.12. The van der Waals surface area contributed by atoms with Crippen molar-refractivity contribution in [2.45, 2.75) is 12.8 Å². The molecular formula is C11H19N5O2S. The Morgan fingerprint density at radius 2 is 1.95 bits per heavy atom. The average molecular weight is 285 g/mol. The fourth-order valence-corrected chi connectivity index (χ4v) is 3.33. The Morgan fingerprint density at radius 3 is 2.53 bits per heavy atom. The van der Waals surface area contributed by atoms with Crippen molar-refractivity contribution in [1.29, 1.82) is 0 Å². The number of nitrogens with one attached hydrogen (secondary N) is 2. The Balaban J connectivity index is 1.94. The molecule has 1 aliphatic heterocycles. The van der Waals surface area contributed by atoms with E-state index in [1.807, 2.05) is 7.05 Å². The fourth-order valence-electron chi connectivity index (χ4n) is 2.17. The first kappa shape index (κ1) is 14.2. The second-order valence-electron chi connectivity index (χ2n) is 4.58. The number of hydrogen-bond donors (Lipinski definition) is 2. The molecule has 106 valence electrons. The molecule has 1 aliphatic rings. The van der Waals surface area contributed by atoms with Crippen LogP contribution in [-0.2, 0) is 10.2 Å². The molecule has 7 nitrogen and oxygen atoms in total. The minimum Gasteiger partial charge on any atom is -0.319 e. The van der Waals surface area contributed by atoms with Crippen LogP contribution >= 0.6 is 0 Å². The van der Waals surface area contributed by atoms with E-state index in [2.05, 4.69) is 20.0 Å². The topological polar surface area (TPSA) is 87.2 Å². The lowest BCUT2D eigenvalue weighted by atomic mass is 9.98. The molecule has 1 aromatic heterocycles. The second-order valence-corrected chi connectivity index (χ2v) is 6.25. The minimum atomic E-state index is -3.54. The molecule has 2 rings (SSSR count). The molecule has 0 saturated carbocycles. The minimum absolute atomic E-state index is 0.111. The van der Waals surface area contributed by atoms with Crippen LogP contribution in [0.5, 0.6) is 0 Å². The van der Waals surface area contributed by atoms with Gasteiger partial charge in [0, 0.05) is 25.5 Å². The predicted octanol–water partition coefficient (Wildman–Crippen LogP) is 0.0647. The Bertz CT molecular complexity index is 485. The maximum atomic E-state index is 12.1. The molecular weight excluding hydrogens is 266 g/mol. The molecule has 2 N–H and O–H groups in total. The molecule has 0 aliphatic carbocycles. The first-order valence-corrected chi connectivity index (χ1v) is 7.75. The van der Waals surface area contributed by atoms with E-state index in [1.54, 1.807) is 6.07 Å². The largest absolute Gasteiger partial charge is 0.319 e. The van der Waals surface area contributed by atoms with Crippen molar-refractivity contribution in [2.24, 2.45) is 5.92 Å². The highest BCUT2D eigenvalue weighted by atomic mass is 32.2. The predicted molar refractivity (Wildman–Crippen MR) is 72.8 cm³/mol. The van der Waals surface area contributed by atoms with E-state index in [9.17, 15) is 8.42 Å². The third kappa shape index (κ3) is 3.85. The summed E-state index contributed by atoms with van der Waals surface area (Å²) in [6.45, 7) is 2.01. The summed E-state index contributed by atoms with van der Waals surface area (Å²) in [4.78, 5) is 7.73. The normalized spacial score (nSPS) is 18.4. The van der Waals surface area contributed by atoms with Gasteiger partial charge >= 0.3 is 10.2 Å². The van der Waals surface area contributed by atoms with E-state index in [4.69, 9.17) is 0 Å². The van der Waals surface area contributed by atoms with Gasteiger partial charge in [0.25, 0.3) is 0 Å². The van der Waals surface area contributed by atoms with Crippen LogP contribution < -0.4 is 10.0 Å². The van der Waals surface area contributed by atoms with Gasteiger partial charge in [-0.3, -0.25) is 0 Å². The van der Waals surface area contributed by atoms with Crippen LogP contribution in [0.4, 0.5) is 5.95 Å². The number of piperidine rings is 1. The first-order valence-electron chi connectivity index (χ1n) is 6.31. The van der Waals surface area contributed by atoms with Gasteiger partial charge in [-0.05, 0) is 38.4 Å². The molecule has 0 atom stereocenters. The SMILES string of the molecule is CNCC1CCN(S(=O)(=O)Nc2ncccn2)CC1. The lowest BCUT2D eigenvalue weighted by Gasteiger charge is -2.30. The standard InChI is InChI=1S/C11H19N5O2S/c1-12-9-10-3-7-16(8-4-10)19(17,18)15-11-13-5-2-6-14-11/h2,5-6,10,12H,3-4,7-9H2,1H3,(H,13,14,15). The van der Waals surface area contributed by atoms with Gasteiger partial charge in [-0.2, -0.15) is 12.7 Å². The smallest absolute Gasteiger partial charge is 0.303 e. The highest BCUT2D eigenvalue weighted by Crippen LogP contribution is 2.19. The summed E-state index contributed by atoms with van der Waals surface area (Å²) in [6.07, 6.45) is 4.75. The van der Waals surface area contributed by atoms with Gasteiger partial charge in [-0.25, -0.2) is 14.7 Å². The molecule has 19 heavy (non-hydrogen) atoms. The van der Waals surface area contributed by atoms with Crippen molar-refractivity contribution < 1.29 is 8.42 Å². The maximum absolute atomic E-state index is 12.1. The Hall–Kier alpha value is -1.25. The number of nitrogens with zero attached hydrogens (tertiary/aromatic N) is 3. The second kappa shape index (κ2) is 6.27. The third-order valence-electron chi connectivity index (χ3n) is 3.19. The van der Waals surface area contributed by atoms with Gasteiger partial charge in [0.1, 0.15) is 0 Å². The number of aromatic nitrogens is 2. The summed E-state index contributed by atoms with van der Waals surface area (Å²) < 4.78 is 28.1. The average Bonchev–Trinajstić information content (AvgIpc) is 2.40. The van der Waals surface area contributed by atoms with Gasteiger partial charge in [0.15, 0.2) is 0 Å². The van der Waals surface area contributed by atoms with Crippen molar-refractivity contribution in [3.05, 3.63) is 18.5 Å². The van der Waals surface area contributed by atoms with Crippen LogP contribution in [0.15, 0.2) is 18.5 Å². The molecule has 1 saturated heterocycles. The Morgan fingerprint density at radius 1 is 1.32 bits per heavy atom. The van der Waals surface area contributed by atoms with Gasteiger partial charge < -0.3 is 5.32 Å². The molecule has 0 aromatic carbocycles. The number of rotatable bonds is 5. The van der Waals surface area contributed by atoms with Crippen LogP contribution in [0.1, 0.15) is 12.8 Å². The molecule has 1 fully saturated rings. The van der Waals surface area contributed by atoms with E-state index >= 15 is 0 Å². The molecule has 1 aromatic rings. The van der Waals surface area contributed by atoms with Gasteiger partial charge in [0.2, 0.25) is 5.95 Å². The van der Waals surface area contributed by atoms with Crippen molar-refractivity contribution in [2.75, 3.05) is 31.4 Å². The monoisotopic (exact) mass is 285 g/mol. The molecule has 0 amide bonds. The Kier molecular flexibility index (Phi) is 4.67. The van der Waals surface area contributed by atoms with E-state index < -0.39 is 10.2 Å². The van der Waals surface area contributed by atoms with Crippen LogP contribution in [-0.4, -0.2) is 49.4 Å². The number of anilines is 1. The van der Waals surface area contributed by atoms with Crippen LogP contribution in [0.3, 0.4) is 0 Å². The summed E-state index contributed by atoms with van der Waals surface area (Å²) in [5.41, 5.74) is 0. The van der Waals surface area contributed by atoms with Crippen LogP contribution in [0.2, 0.25) is 0 Å². The molecule has 0 bridgehead atoms. The van der Waals surface area contributed by atoms with E-state index in [0.29, 0.717) is 19.0 Å². The van der Waals surface area contributed by atoms with E-state index in [-0.39, 0.29) is 5.95 Å². The van der Waals surface area contributed by atoms with Crippen molar-refractivity contribution in [3.63, 3.8) is 0 Å². The van der Waals surface area contributed by atoms with Crippen molar-refractivity contribution in [1.82, 2.24) is 19.6 Å². The Labute approximate surface area is 113 Å². The summed E-state index contributed by atoms with van der Waals surface area (Å²) in [7, 11) is -1.62. The molecule has 0 spiro atoms. The van der Waals surface area contributed by atoms with Crippen LogP contribution in [0, 0.1) is 5.92 Å². The van der Waals surface area contributed by atoms with Gasteiger partial charge in [0.05, 0.1) is 0 Å². The lowest BCUT2D eigenvalue weighted by molar-refractivity contribution is 0.272. The molecule has 2 heterocycles. The van der Waals surface area contributed by atoms with Gasteiger partial charge in [-0.1, -0.05) is 0 Å². The van der Waals surface area contributed by atoms with Gasteiger partial charge in [-0.15, -0.1) is 0 Å². The summed E-state index contributed by atoms with van der Waals surface area (Å²) >= 11 is 0. The van der Waals surface area contributed by atoms with E-state index in [0.717, 1.165) is 19.4 Å². The van der Waals surface area contributed by atoms with Crippen molar-refractivity contribution >= 4 is 16.2 Å². The highest BCUT2D eigenvalue weighted by molar-refractivity contribution is 7.90.